The van der Waals surface area contributed by atoms with E-state index in [0.717, 1.165) is 18.4 Å². The smallest absolute Gasteiger partial charge is 0.0615 e. The van der Waals surface area contributed by atoms with E-state index in [0.29, 0.717) is 0 Å². The highest BCUT2D eigenvalue weighted by Gasteiger charge is 1.87. The van der Waals surface area contributed by atoms with Gasteiger partial charge in [0.1, 0.15) is 0 Å². The van der Waals surface area contributed by atoms with Gasteiger partial charge in [0, 0.05) is 0 Å². The Bertz CT molecular complexity index is 709. The third-order valence-corrected chi connectivity index (χ3v) is 3.86. The van der Waals surface area contributed by atoms with Crippen molar-refractivity contribution in [3.8, 4) is 0 Å². The molecule has 0 rings (SSSR count). The van der Waals surface area contributed by atoms with Gasteiger partial charge in [-0.05, 0) is 54.4 Å². The van der Waals surface area contributed by atoms with E-state index >= 15 is 0 Å². The molecule has 0 aromatic heterocycles. The fourth-order valence-electron chi connectivity index (χ4n) is 2.21. The fourth-order valence-corrected chi connectivity index (χ4v) is 2.21. The van der Waals surface area contributed by atoms with Gasteiger partial charge in [0.05, 0.1) is 6.61 Å². The van der Waals surface area contributed by atoms with Gasteiger partial charge < -0.3 is 5.11 Å². The summed E-state index contributed by atoms with van der Waals surface area (Å²) in [5.74, 6) is 0. The van der Waals surface area contributed by atoms with Crippen molar-refractivity contribution in [2.24, 2.45) is 0 Å². The molecule has 0 saturated carbocycles. The predicted molar refractivity (Wildman–Crippen MR) is 127 cm³/mol. The van der Waals surface area contributed by atoms with Gasteiger partial charge in [-0.2, -0.15) is 0 Å². The summed E-state index contributed by atoms with van der Waals surface area (Å²) >= 11 is 0. The van der Waals surface area contributed by atoms with Gasteiger partial charge in [0.2, 0.25) is 0 Å². The lowest BCUT2D eigenvalue weighted by molar-refractivity contribution is 0.342. The van der Waals surface area contributed by atoms with Crippen LogP contribution in [0.4, 0.5) is 0 Å². The van der Waals surface area contributed by atoms with Crippen LogP contribution >= 0.6 is 0 Å². The Morgan fingerprint density at radius 1 is 0.643 bits per heavy atom. The molecule has 0 aliphatic rings. The molecule has 0 heterocycles. The van der Waals surface area contributed by atoms with Crippen LogP contribution in [0.3, 0.4) is 0 Å². The minimum Gasteiger partial charge on any atom is -0.392 e. The quantitative estimate of drug-likeness (QED) is 0.288. The van der Waals surface area contributed by atoms with Crippen molar-refractivity contribution in [2.45, 2.75) is 54.4 Å². The molecule has 1 heteroatoms. The Morgan fingerprint density at radius 3 is 1.68 bits per heavy atom. The molecule has 0 aromatic carbocycles. The summed E-state index contributed by atoms with van der Waals surface area (Å²) in [5.41, 5.74) is 6.31. The van der Waals surface area contributed by atoms with Crippen LogP contribution in [0.15, 0.2) is 107 Å². The number of aliphatic hydroxyl groups excluding tert-OH is 1. The summed E-state index contributed by atoms with van der Waals surface area (Å²) in [5, 5.41) is 8.74. The minimum atomic E-state index is 0.0764. The summed E-state index contributed by atoms with van der Waals surface area (Å²) in [4.78, 5) is 0. The average Bonchev–Trinajstić information content (AvgIpc) is 2.63. The zero-order chi connectivity index (χ0) is 21.2. The lowest BCUT2D eigenvalue weighted by Gasteiger charge is -1.96. The van der Waals surface area contributed by atoms with Gasteiger partial charge in [-0.1, -0.05) is 107 Å². The molecule has 0 atom stereocenters. The fraction of sp³-hybridized carbons (Fsp3) is 0.333. The largest absolute Gasteiger partial charge is 0.392 e. The third kappa shape index (κ3) is 17.1. The average molecular weight is 379 g/mol. The third-order valence-electron chi connectivity index (χ3n) is 3.86. The molecule has 0 bridgehead atoms. The van der Waals surface area contributed by atoms with Crippen molar-refractivity contribution in [3.05, 3.63) is 107 Å². The van der Waals surface area contributed by atoms with E-state index in [1.807, 2.05) is 31.2 Å². The molecule has 0 aliphatic heterocycles. The van der Waals surface area contributed by atoms with Crippen molar-refractivity contribution in [1.82, 2.24) is 0 Å². The van der Waals surface area contributed by atoms with Crippen LogP contribution in [-0.2, 0) is 0 Å². The van der Waals surface area contributed by atoms with E-state index in [1.165, 1.54) is 22.3 Å². The highest BCUT2D eigenvalue weighted by molar-refractivity contribution is 5.31. The lowest BCUT2D eigenvalue weighted by atomic mass is 10.1. The van der Waals surface area contributed by atoms with Crippen LogP contribution in [0.2, 0.25) is 0 Å². The first-order chi connectivity index (χ1) is 13.3. The summed E-state index contributed by atoms with van der Waals surface area (Å²) in [7, 11) is 0. The Hall–Kier alpha value is -2.38. The highest BCUT2D eigenvalue weighted by atomic mass is 16.2. The van der Waals surface area contributed by atoms with Crippen molar-refractivity contribution < 1.29 is 5.11 Å². The molecule has 152 valence electrons. The van der Waals surface area contributed by atoms with Gasteiger partial charge in [-0.3, -0.25) is 0 Å². The molecule has 0 spiro atoms. The van der Waals surface area contributed by atoms with Crippen molar-refractivity contribution in [1.29, 1.82) is 0 Å². The second-order valence-electron chi connectivity index (χ2n) is 7.25. The maximum atomic E-state index is 8.74. The van der Waals surface area contributed by atoms with E-state index in [9.17, 15) is 0 Å². The normalized spacial score (nSPS) is 15.0. The van der Waals surface area contributed by atoms with Crippen LogP contribution in [0.5, 0.6) is 0 Å². The molecular formula is C27H38O. The molecule has 0 radical (unpaired) electrons. The van der Waals surface area contributed by atoms with Crippen LogP contribution in [0, 0.1) is 0 Å². The zero-order valence-corrected chi connectivity index (χ0v) is 18.6. The van der Waals surface area contributed by atoms with Gasteiger partial charge in [0.15, 0.2) is 0 Å². The number of hydrogen-bond acceptors (Lipinski definition) is 1. The maximum Gasteiger partial charge on any atom is 0.0615 e. The molecule has 0 saturated heterocycles. The van der Waals surface area contributed by atoms with Crippen LogP contribution < -0.4 is 0 Å². The molecule has 0 unspecified atom stereocenters. The molecule has 0 fully saturated rings. The van der Waals surface area contributed by atoms with Crippen molar-refractivity contribution in [2.75, 3.05) is 6.61 Å². The Balaban J connectivity index is 4.54. The van der Waals surface area contributed by atoms with Crippen molar-refractivity contribution >= 4 is 0 Å². The monoisotopic (exact) mass is 378 g/mol. The molecule has 0 aromatic rings. The SMILES string of the molecule is CC(C)=CCCC(C)=CC=CC(C)=CC=CC(C)=CC=CC=C(C)C=CCO. The second kappa shape index (κ2) is 16.8. The zero-order valence-electron chi connectivity index (χ0n) is 18.6. The molecule has 1 N–H and O–H groups in total. The molecule has 0 amide bonds. The van der Waals surface area contributed by atoms with E-state index in [4.69, 9.17) is 5.11 Å². The maximum absolute atomic E-state index is 8.74. The Morgan fingerprint density at radius 2 is 1.14 bits per heavy atom. The second-order valence-corrected chi connectivity index (χ2v) is 7.25. The standard InChI is InChI=1S/C27H38O/c1-23(2)13-9-16-26(5)18-11-20-27(6)19-10-17-24(3)14-7-8-15-25(4)21-12-22-28/h7-8,10-15,17-21,28H,9,16,22H2,1-6H3. The molecular weight excluding hydrogens is 340 g/mol. The van der Waals surface area contributed by atoms with Gasteiger partial charge in [-0.15, -0.1) is 0 Å². The molecule has 1 nitrogen and oxygen atoms in total. The number of hydrogen-bond donors (Lipinski definition) is 1. The van der Waals surface area contributed by atoms with E-state index in [-0.39, 0.29) is 6.61 Å². The lowest BCUT2D eigenvalue weighted by Crippen LogP contribution is -1.76. The topological polar surface area (TPSA) is 20.2 Å². The van der Waals surface area contributed by atoms with Crippen LogP contribution in [0.1, 0.15) is 54.4 Å². The van der Waals surface area contributed by atoms with Gasteiger partial charge in [0.25, 0.3) is 0 Å². The van der Waals surface area contributed by atoms with E-state index < -0.39 is 0 Å². The Labute approximate surface area is 173 Å². The van der Waals surface area contributed by atoms with Gasteiger partial charge in [-0.25, -0.2) is 0 Å². The summed E-state index contributed by atoms with van der Waals surface area (Å²) in [6.07, 6.45) is 29.0. The highest BCUT2D eigenvalue weighted by Crippen LogP contribution is 2.07. The summed E-state index contributed by atoms with van der Waals surface area (Å²) in [6.45, 7) is 12.7. The summed E-state index contributed by atoms with van der Waals surface area (Å²) in [6, 6.07) is 0. The number of rotatable bonds is 11. The van der Waals surface area contributed by atoms with Gasteiger partial charge >= 0.3 is 0 Å². The first kappa shape index (κ1) is 25.6. The number of aliphatic hydroxyl groups is 1. The predicted octanol–water partition coefficient (Wildman–Crippen LogP) is 7.74. The van der Waals surface area contributed by atoms with E-state index in [2.05, 4.69) is 83.2 Å². The minimum absolute atomic E-state index is 0.0764. The van der Waals surface area contributed by atoms with Crippen LogP contribution in [0.25, 0.3) is 0 Å². The van der Waals surface area contributed by atoms with E-state index in [1.54, 1.807) is 6.08 Å². The van der Waals surface area contributed by atoms with Crippen molar-refractivity contribution in [3.63, 3.8) is 0 Å². The Kier molecular flexibility index (Phi) is 15.3. The van der Waals surface area contributed by atoms with Crippen LogP contribution in [-0.4, -0.2) is 11.7 Å². The first-order valence-electron chi connectivity index (χ1n) is 9.96. The summed E-state index contributed by atoms with van der Waals surface area (Å²) < 4.78 is 0. The molecule has 28 heavy (non-hydrogen) atoms. The molecule has 0 aliphatic carbocycles. The first-order valence-corrected chi connectivity index (χ1v) is 9.96. The number of allylic oxidation sites excluding steroid dienone is 17.